The molecule has 0 radical (unpaired) electrons. The largest absolute Gasteiger partial charge is 0.492 e. The Kier molecular flexibility index (Phi) is 6.44. The number of aromatic nitrogens is 4. The van der Waals surface area contributed by atoms with Crippen molar-refractivity contribution in [3.8, 4) is 28.8 Å². The van der Waals surface area contributed by atoms with Gasteiger partial charge >= 0.3 is 0 Å². The Morgan fingerprint density at radius 1 is 1.12 bits per heavy atom. The van der Waals surface area contributed by atoms with Gasteiger partial charge in [-0.05, 0) is 30.2 Å². The summed E-state index contributed by atoms with van der Waals surface area (Å²) in [6, 6.07) is 13.4. The molecule has 2 bridgehead atoms. The van der Waals surface area contributed by atoms with Crippen molar-refractivity contribution in [3.63, 3.8) is 0 Å². The lowest BCUT2D eigenvalue weighted by Gasteiger charge is -2.56. The summed E-state index contributed by atoms with van der Waals surface area (Å²) in [5, 5.41) is 14.2. The van der Waals surface area contributed by atoms with Crippen LogP contribution >= 0.6 is 0 Å². The third kappa shape index (κ3) is 4.68. The molecule has 8 rings (SSSR count). The number of hydrogen-bond acceptors (Lipinski definition) is 8. The summed E-state index contributed by atoms with van der Waals surface area (Å²) in [7, 11) is 1.63. The van der Waals surface area contributed by atoms with Crippen LogP contribution in [0.25, 0.3) is 21.5 Å². The first kappa shape index (κ1) is 26.2. The topological polar surface area (TPSA) is 96.2 Å². The molecule has 2 unspecified atom stereocenters. The summed E-state index contributed by atoms with van der Waals surface area (Å²) < 4.78 is 13.1. The Morgan fingerprint density at radius 2 is 1.95 bits per heavy atom. The van der Waals surface area contributed by atoms with E-state index in [0.717, 1.165) is 54.9 Å². The van der Waals surface area contributed by atoms with Crippen molar-refractivity contribution in [1.82, 2.24) is 24.5 Å². The highest BCUT2D eigenvalue weighted by Gasteiger charge is 2.47. The van der Waals surface area contributed by atoms with E-state index in [0.29, 0.717) is 41.8 Å². The first-order valence-corrected chi connectivity index (χ1v) is 14.3. The van der Waals surface area contributed by atoms with Gasteiger partial charge in [0.05, 0.1) is 37.2 Å². The average molecular weight is 561 g/mol. The highest BCUT2D eigenvalue weighted by molar-refractivity contribution is 5.85. The van der Waals surface area contributed by atoms with Crippen molar-refractivity contribution in [3.05, 3.63) is 77.7 Å². The van der Waals surface area contributed by atoms with Crippen LogP contribution in [-0.2, 0) is 6.54 Å². The van der Waals surface area contributed by atoms with Crippen LogP contribution < -0.4 is 14.4 Å². The van der Waals surface area contributed by atoms with Gasteiger partial charge in [0, 0.05) is 87.0 Å². The molecular weight excluding hydrogens is 528 g/mol. The van der Waals surface area contributed by atoms with Gasteiger partial charge in [-0.1, -0.05) is 6.07 Å². The van der Waals surface area contributed by atoms with Gasteiger partial charge in [-0.15, -0.1) is 0 Å². The van der Waals surface area contributed by atoms with Gasteiger partial charge in [0.25, 0.3) is 0 Å². The van der Waals surface area contributed by atoms with Crippen molar-refractivity contribution >= 4 is 11.3 Å². The van der Waals surface area contributed by atoms with Gasteiger partial charge in [0.1, 0.15) is 17.6 Å². The van der Waals surface area contributed by atoms with Crippen LogP contribution in [0, 0.1) is 23.8 Å². The van der Waals surface area contributed by atoms with Crippen LogP contribution in [0.4, 0.5) is 5.82 Å². The summed E-state index contributed by atoms with van der Waals surface area (Å²) in [6.45, 7) is 12.7. The smallest absolute Gasteiger partial charge is 0.230 e. The normalized spacial score (nSPS) is 24.8. The summed E-state index contributed by atoms with van der Waals surface area (Å²) in [5.74, 6) is 2.66. The van der Waals surface area contributed by atoms with E-state index < -0.39 is 0 Å². The lowest BCUT2D eigenvalue weighted by Crippen LogP contribution is -2.68. The number of piperazine rings is 1. The number of piperidine rings is 1. The molecule has 42 heavy (non-hydrogen) atoms. The van der Waals surface area contributed by atoms with Crippen LogP contribution in [0.2, 0.25) is 0 Å². The van der Waals surface area contributed by atoms with Gasteiger partial charge in [-0.2, -0.15) is 10.4 Å². The Balaban J connectivity index is 1.06. The molecule has 4 aromatic rings. The monoisotopic (exact) mass is 560 g/mol. The molecule has 0 spiro atoms. The lowest BCUT2D eigenvalue weighted by molar-refractivity contribution is -0.00876. The standard InChI is InChI=1S/C32H32N8O2/c1-32(34-2)10-22(11-32)20-42-27-9-28(31-24(12-33)15-37-40(31)19-27)23-5-6-29(35-14-23)38-17-25-8-26(18-38)39(25)16-21-4-7-30(41-3)36-13-21/h4-7,9,13-15,19,22,25-26H,8,10-11,16-18,20H2,1,3H3. The molecule has 0 amide bonds. The quantitative estimate of drug-likeness (QED) is 0.289. The van der Waals surface area contributed by atoms with Crippen LogP contribution in [0.3, 0.4) is 0 Å². The zero-order chi connectivity index (χ0) is 28.8. The van der Waals surface area contributed by atoms with E-state index >= 15 is 0 Å². The fraction of sp³-hybridized carbons (Fsp3) is 0.406. The van der Waals surface area contributed by atoms with E-state index in [9.17, 15) is 5.26 Å². The Bertz CT molecular complexity index is 1680. The van der Waals surface area contributed by atoms with Gasteiger partial charge in [0.15, 0.2) is 0 Å². The molecular formula is C32H32N8O2. The fourth-order valence-electron chi connectivity index (χ4n) is 6.79. The molecule has 1 saturated carbocycles. The summed E-state index contributed by atoms with van der Waals surface area (Å²) >= 11 is 0. The van der Waals surface area contributed by atoms with Crippen LogP contribution in [0.15, 0.2) is 55.1 Å². The van der Waals surface area contributed by atoms with Crippen LogP contribution in [0.5, 0.6) is 11.6 Å². The van der Waals surface area contributed by atoms with Crippen molar-refractivity contribution in [2.75, 3.05) is 31.7 Å². The maximum atomic E-state index is 9.74. The van der Waals surface area contributed by atoms with E-state index in [1.54, 1.807) is 17.8 Å². The molecule has 4 aromatic heterocycles. The number of rotatable bonds is 8. The van der Waals surface area contributed by atoms with E-state index in [4.69, 9.17) is 21.0 Å². The summed E-state index contributed by atoms with van der Waals surface area (Å²) in [4.78, 5) is 17.9. The number of ether oxygens (including phenoxy) is 2. The van der Waals surface area contributed by atoms with E-state index in [-0.39, 0.29) is 5.54 Å². The lowest BCUT2D eigenvalue weighted by atomic mass is 9.70. The van der Waals surface area contributed by atoms with E-state index in [1.165, 1.54) is 12.0 Å². The maximum absolute atomic E-state index is 9.74. The summed E-state index contributed by atoms with van der Waals surface area (Å²) in [5.41, 5.74) is 3.97. The van der Waals surface area contributed by atoms with Gasteiger partial charge in [-0.25, -0.2) is 21.1 Å². The molecule has 212 valence electrons. The molecule has 3 aliphatic heterocycles. The summed E-state index contributed by atoms with van der Waals surface area (Å²) in [6.07, 6.45) is 10.1. The number of fused-ring (bicyclic) bond motifs is 3. The van der Waals surface area contributed by atoms with Gasteiger partial charge < -0.3 is 19.2 Å². The second-order valence-corrected chi connectivity index (χ2v) is 12.0. The third-order valence-electron chi connectivity index (χ3n) is 9.02. The highest BCUT2D eigenvalue weighted by Crippen LogP contribution is 2.41. The van der Waals surface area contributed by atoms with Crippen molar-refractivity contribution in [2.45, 2.75) is 50.4 Å². The maximum Gasteiger partial charge on any atom is 0.230 e. The number of methoxy groups -OCH3 is 1. The fourth-order valence-corrected chi connectivity index (χ4v) is 6.79. The van der Waals surface area contributed by atoms with Crippen LogP contribution in [0.1, 0.15) is 37.3 Å². The first-order valence-electron chi connectivity index (χ1n) is 14.3. The molecule has 0 N–H and O–H groups in total. The van der Waals surface area contributed by atoms with Crippen molar-refractivity contribution < 1.29 is 9.47 Å². The zero-order valence-electron chi connectivity index (χ0n) is 23.8. The van der Waals surface area contributed by atoms with E-state index in [2.05, 4.69) is 49.0 Å². The number of pyridine rings is 3. The van der Waals surface area contributed by atoms with E-state index in [1.807, 2.05) is 37.6 Å². The second kappa shape index (κ2) is 10.3. The Labute approximate surface area is 244 Å². The molecule has 10 nitrogen and oxygen atoms in total. The minimum atomic E-state index is -0.249. The second-order valence-electron chi connectivity index (χ2n) is 12.0. The molecule has 1 aliphatic carbocycles. The van der Waals surface area contributed by atoms with Crippen molar-refractivity contribution in [1.29, 1.82) is 5.26 Å². The van der Waals surface area contributed by atoms with Gasteiger partial charge in [-0.3, -0.25) is 4.90 Å². The average Bonchev–Trinajstić information content (AvgIpc) is 3.44. The molecule has 2 atom stereocenters. The molecule has 10 heteroatoms. The molecule has 7 heterocycles. The number of anilines is 1. The third-order valence-corrected chi connectivity index (χ3v) is 9.02. The van der Waals surface area contributed by atoms with Crippen molar-refractivity contribution in [2.24, 2.45) is 5.92 Å². The SMILES string of the molecule is [C-]#[N+]C1(C)CC(COc2cc(-c3ccc(N4CC5CC(C4)N5Cc4ccc(OC)nc4)nc3)c3c(C#N)cnn3c2)C1. The molecule has 0 aromatic carbocycles. The molecule has 4 aliphatic rings. The number of hydrogen-bond donors (Lipinski definition) is 0. The molecule has 3 saturated heterocycles. The zero-order valence-corrected chi connectivity index (χ0v) is 23.8. The Morgan fingerprint density at radius 3 is 2.62 bits per heavy atom. The molecule has 4 fully saturated rings. The first-order chi connectivity index (χ1) is 20.4. The van der Waals surface area contributed by atoms with Gasteiger partial charge in [0.2, 0.25) is 11.4 Å². The minimum absolute atomic E-state index is 0.249. The Hall–Kier alpha value is -4.67. The highest BCUT2D eigenvalue weighted by atomic mass is 16.5. The van der Waals surface area contributed by atoms with Crippen LogP contribution in [-0.4, -0.2) is 68.9 Å². The number of nitrogens with zero attached hydrogens (tertiary/aromatic N) is 8. The minimum Gasteiger partial charge on any atom is -0.492 e. The number of nitriles is 1. The predicted molar refractivity (Wildman–Crippen MR) is 157 cm³/mol. The predicted octanol–water partition coefficient (Wildman–Crippen LogP) is 4.60.